The zero-order valence-electron chi connectivity index (χ0n) is 10.00. The number of benzene rings is 2. The maximum atomic E-state index is 8.69. The summed E-state index contributed by atoms with van der Waals surface area (Å²) in [5, 5.41) is 11.9. The van der Waals surface area contributed by atoms with E-state index in [4.69, 9.17) is 10.9 Å². The van der Waals surface area contributed by atoms with E-state index in [0.717, 1.165) is 21.0 Å². The molecule has 0 heterocycles. The Balaban J connectivity index is 2.13. The molecule has 3 N–H and O–H groups in total. The molecule has 0 atom stereocenters. The van der Waals surface area contributed by atoms with Crippen LogP contribution in [0.5, 0.6) is 0 Å². The molecule has 0 aliphatic heterocycles. The first-order valence-corrected chi connectivity index (χ1v) is 6.33. The molecule has 0 aliphatic rings. The summed E-state index contributed by atoms with van der Waals surface area (Å²) in [7, 11) is 0. The molecule has 3 nitrogen and oxygen atoms in total. The minimum atomic E-state index is 0.610. The zero-order chi connectivity index (χ0) is 13.0. The second kappa shape index (κ2) is 5.60. The summed E-state index contributed by atoms with van der Waals surface area (Å²) in [6, 6.07) is 15.7. The van der Waals surface area contributed by atoms with Gasteiger partial charge < -0.3 is 10.9 Å². The first-order valence-electron chi connectivity index (χ1n) is 5.51. The molecule has 0 aliphatic carbocycles. The second-order valence-corrected chi connectivity index (χ2v) is 5.03. The number of anilines is 1. The van der Waals surface area contributed by atoms with E-state index in [0.29, 0.717) is 5.71 Å². The van der Waals surface area contributed by atoms with Crippen LogP contribution in [0.2, 0.25) is 0 Å². The molecule has 0 unspecified atom stereocenters. The van der Waals surface area contributed by atoms with Crippen molar-refractivity contribution in [3.05, 3.63) is 54.1 Å². The summed E-state index contributed by atoms with van der Waals surface area (Å²) in [6.07, 6.45) is 0. The van der Waals surface area contributed by atoms with Gasteiger partial charge in [-0.05, 0) is 48.9 Å². The van der Waals surface area contributed by atoms with Gasteiger partial charge in [-0.3, -0.25) is 0 Å². The monoisotopic (exact) mass is 258 g/mol. The maximum Gasteiger partial charge on any atom is 0.0836 e. The highest BCUT2D eigenvalue weighted by Crippen LogP contribution is 2.28. The minimum Gasteiger partial charge on any atom is -0.411 e. The predicted molar refractivity (Wildman–Crippen MR) is 75.4 cm³/mol. The van der Waals surface area contributed by atoms with Gasteiger partial charge in [-0.1, -0.05) is 29.1 Å². The Kier molecular flexibility index (Phi) is 3.89. The van der Waals surface area contributed by atoms with Crippen molar-refractivity contribution in [2.75, 3.05) is 5.73 Å². The molecule has 0 bridgehead atoms. The molecule has 0 fully saturated rings. The Morgan fingerprint density at radius 2 is 1.50 bits per heavy atom. The maximum absolute atomic E-state index is 8.69. The van der Waals surface area contributed by atoms with Gasteiger partial charge in [0.1, 0.15) is 0 Å². The van der Waals surface area contributed by atoms with E-state index in [1.807, 2.05) is 48.5 Å². The quantitative estimate of drug-likeness (QED) is 0.382. The predicted octanol–water partition coefficient (Wildman–Crippen LogP) is 3.62. The number of nitrogen functional groups attached to an aromatic ring is 1. The lowest BCUT2D eigenvalue weighted by Crippen LogP contribution is -1.93. The average Bonchev–Trinajstić information content (AvgIpc) is 2.41. The molecule has 2 aromatic carbocycles. The normalized spacial score (nSPS) is 11.5. The second-order valence-electron chi connectivity index (χ2n) is 3.88. The fourth-order valence-corrected chi connectivity index (χ4v) is 2.31. The van der Waals surface area contributed by atoms with Crippen molar-refractivity contribution in [1.82, 2.24) is 0 Å². The van der Waals surface area contributed by atoms with E-state index in [1.54, 1.807) is 18.7 Å². The molecule has 4 heteroatoms. The van der Waals surface area contributed by atoms with Crippen molar-refractivity contribution < 1.29 is 5.21 Å². The summed E-state index contributed by atoms with van der Waals surface area (Å²) in [5.74, 6) is 0. The summed E-state index contributed by atoms with van der Waals surface area (Å²) in [6.45, 7) is 1.77. The van der Waals surface area contributed by atoms with Crippen LogP contribution in [-0.2, 0) is 0 Å². The van der Waals surface area contributed by atoms with Crippen molar-refractivity contribution >= 4 is 23.2 Å². The number of hydrogen-bond donors (Lipinski definition) is 2. The highest BCUT2D eigenvalue weighted by molar-refractivity contribution is 7.99. The lowest BCUT2D eigenvalue weighted by Gasteiger charge is -2.03. The van der Waals surface area contributed by atoms with E-state index in [-0.39, 0.29) is 0 Å². The lowest BCUT2D eigenvalue weighted by molar-refractivity contribution is 0.319. The minimum absolute atomic E-state index is 0.610. The Labute approximate surface area is 110 Å². The lowest BCUT2D eigenvalue weighted by atomic mass is 10.1. The number of oxime groups is 1. The van der Waals surface area contributed by atoms with Crippen LogP contribution in [0.4, 0.5) is 5.69 Å². The highest BCUT2D eigenvalue weighted by Gasteiger charge is 2.00. The molecule has 0 amide bonds. The van der Waals surface area contributed by atoms with E-state index in [1.165, 1.54) is 0 Å². The van der Waals surface area contributed by atoms with E-state index in [2.05, 4.69) is 5.16 Å². The van der Waals surface area contributed by atoms with E-state index < -0.39 is 0 Å². The number of hydrogen-bond acceptors (Lipinski definition) is 4. The van der Waals surface area contributed by atoms with Gasteiger partial charge in [-0.2, -0.15) is 0 Å². The van der Waals surface area contributed by atoms with Crippen LogP contribution in [0.3, 0.4) is 0 Å². The van der Waals surface area contributed by atoms with Crippen LogP contribution in [0.15, 0.2) is 63.5 Å². The SMILES string of the molecule is C/C(=N/O)c1ccc(Sc2ccc(N)cc2)cc1. The van der Waals surface area contributed by atoms with Crippen LogP contribution < -0.4 is 5.73 Å². The standard InChI is InChI=1S/C14H14N2OS/c1-10(16-17)11-2-6-13(7-3-11)18-14-8-4-12(15)5-9-14/h2-9,17H,15H2,1H3/b16-10-. The summed E-state index contributed by atoms with van der Waals surface area (Å²) >= 11 is 1.67. The van der Waals surface area contributed by atoms with Gasteiger partial charge in [0.2, 0.25) is 0 Å². The number of nitrogens with two attached hydrogens (primary N) is 1. The molecule has 0 aromatic heterocycles. The van der Waals surface area contributed by atoms with Crippen molar-refractivity contribution in [3.63, 3.8) is 0 Å². The topological polar surface area (TPSA) is 58.6 Å². The first-order chi connectivity index (χ1) is 8.69. The Morgan fingerprint density at radius 1 is 1.00 bits per heavy atom. The Bertz CT molecular complexity index is 547. The van der Waals surface area contributed by atoms with Gasteiger partial charge >= 0.3 is 0 Å². The van der Waals surface area contributed by atoms with Gasteiger partial charge in [0, 0.05) is 15.5 Å². The third-order valence-corrected chi connectivity index (χ3v) is 3.55. The summed E-state index contributed by atoms with van der Waals surface area (Å²) in [4.78, 5) is 2.28. The van der Waals surface area contributed by atoms with E-state index in [9.17, 15) is 0 Å². The van der Waals surface area contributed by atoms with Crippen molar-refractivity contribution in [2.45, 2.75) is 16.7 Å². The highest BCUT2D eigenvalue weighted by atomic mass is 32.2. The summed E-state index contributed by atoms with van der Waals surface area (Å²) in [5.41, 5.74) is 7.94. The van der Waals surface area contributed by atoms with Crippen LogP contribution >= 0.6 is 11.8 Å². The van der Waals surface area contributed by atoms with Gasteiger partial charge in [-0.25, -0.2) is 0 Å². The van der Waals surface area contributed by atoms with Crippen molar-refractivity contribution in [3.8, 4) is 0 Å². The Morgan fingerprint density at radius 3 is 2.00 bits per heavy atom. The van der Waals surface area contributed by atoms with Gasteiger partial charge in [-0.15, -0.1) is 0 Å². The molecule has 0 saturated heterocycles. The average molecular weight is 258 g/mol. The molecule has 18 heavy (non-hydrogen) atoms. The molecular formula is C14H14N2OS. The van der Waals surface area contributed by atoms with Crippen LogP contribution in [0, 0.1) is 0 Å². The molecule has 2 aromatic rings. The van der Waals surface area contributed by atoms with Crippen molar-refractivity contribution in [2.24, 2.45) is 5.16 Å². The van der Waals surface area contributed by atoms with Gasteiger partial charge in [0.15, 0.2) is 0 Å². The van der Waals surface area contributed by atoms with E-state index >= 15 is 0 Å². The Hall–Kier alpha value is -1.94. The fraction of sp³-hybridized carbons (Fsp3) is 0.0714. The largest absolute Gasteiger partial charge is 0.411 e. The molecule has 0 spiro atoms. The molecule has 0 saturated carbocycles. The number of rotatable bonds is 3. The van der Waals surface area contributed by atoms with Crippen LogP contribution in [-0.4, -0.2) is 10.9 Å². The molecular weight excluding hydrogens is 244 g/mol. The third-order valence-electron chi connectivity index (χ3n) is 2.54. The molecule has 2 rings (SSSR count). The molecule has 0 radical (unpaired) electrons. The van der Waals surface area contributed by atoms with Crippen LogP contribution in [0.1, 0.15) is 12.5 Å². The molecule has 92 valence electrons. The van der Waals surface area contributed by atoms with Gasteiger partial charge in [0.25, 0.3) is 0 Å². The third kappa shape index (κ3) is 3.05. The van der Waals surface area contributed by atoms with Crippen molar-refractivity contribution in [1.29, 1.82) is 0 Å². The van der Waals surface area contributed by atoms with Crippen LogP contribution in [0.25, 0.3) is 0 Å². The first kappa shape index (κ1) is 12.5. The fourth-order valence-electron chi connectivity index (χ4n) is 1.49. The van der Waals surface area contributed by atoms with Gasteiger partial charge in [0.05, 0.1) is 5.71 Å². The smallest absolute Gasteiger partial charge is 0.0836 e. The summed E-state index contributed by atoms with van der Waals surface area (Å²) < 4.78 is 0. The number of nitrogens with zero attached hydrogens (tertiary/aromatic N) is 1. The zero-order valence-corrected chi connectivity index (χ0v) is 10.8.